The minimum absolute atomic E-state index is 0.0300. The average Bonchev–Trinajstić information content (AvgIpc) is 2.25. The van der Waals surface area contributed by atoms with E-state index in [2.05, 4.69) is 42.7 Å². The lowest BCUT2D eigenvalue weighted by molar-refractivity contribution is -0.121. The monoisotopic (exact) mass is 262 g/mol. The second-order valence-electron chi connectivity index (χ2n) is 6.25. The Hall–Kier alpha value is -1.35. The van der Waals surface area contributed by atoms with E-state index < -0.39 is 0 Å². The molecule has 1 atom stereocenters. The molecule has 0 fully saturated rings. The van der Waals surface area contributed by atoms with Crippen molar-refractivity contribution in [2.75, 3.05) is 6.54 Å². The Morgan fingerprint density at radius 2 is 1.89 bits per heavy atom. The van der Waals surface area contributed by atoms with E-state index in [9.17, 15) is 4.79 Å². The van der Waals surface area contributed by atoms with Gasteiger partial charge >= 0.3 is 0 Å². The van der Waals surface area contributed by atoms with E-state index in [4.69, 9.17) is 0 Å². The molecule has 0 bridgehead atoms. The number of hydrogen-bond donors (Lipinski definition) is 2. The van der Waals surface area contributed by atoms with Crippen molar-refractivity contribution in [3.05, 3.63) is 34.9 Å². The van der Waals surface area contributed by atoms with Gasteiger partial charge in [0.2, 0.25) is 5.91 Å². The Morgan fingerprint density at radius 1 is 1.26 bits per heavy atom. The Balaban J connectivity index is 2.59. The number of benzene rings is 1. The Kier molecular flexibility index (Phi) is 5.12. The van der Waals surface area contributed by atoms with Gasteiger partial charge in [0.15, 0.2) is 0 Å². The molecule has 0 aliphatic carbocycles. The smallest absolute Gasteiger partial charge is 0.234 e. The Bertz CT molecular complexity index is 447. The molecule has 0 heterocycles. The summed E-state index contributed by atoms with van der Waals surface area (Å²) < 4.78 is 0. The number of carbonyl (C=O) groups is 1. The van der Waals surface area contributed by atoms with Crippen LogP contribution in [-0.2, 0) is 4.79 Å². The van der Waals surface area contributed by atoms with E-state index in [-0.39, 0.29) is 17.5 Å². The summed E-state index contributed by atoms with van der Waals surface area (Å²) in [6.45, 7) is 12.7. The van der Waals surface area contributed by atoms with Gasteiger partial charge in [0.1, 0.15) is 0 Å². The molecule has 3 heteroatoms. The number of aryl methyl sites for hydroxylation is 2. The fraction of sp³-hybridized carbons (Fsp3) is 0.562. The van der Waals surface area contributed by atoms with Crippen molar-refractivity contribution in [2.24, 2.45) is 0 Å². The number of carbonyl (C=O) groups excluding carboxylic acids is 1. The molecular weight excluding hydrogens is 236 g/mol. The van der Waals surface area contributed by atoms with Crippen LogP contribution >= 0.6 is 0 Å². The van der Waals surface area contributed by atoms with Crippen LogP contribution in [0.3, 0.4) is 0 Å². The molecule has 2 N–H and O–H groups in total. The topological polar surface area (TPSA) is 41.1 Å². The molecule has 0 saturated heterocycles. The van der Waals surface area contributed by atoms with Crippen molar-refractivity contribution in [3.8, 4) is 0 Å². The summed E-state index contributed by atoms with van der Waals surface area (Å²) >= 11 is 0. The molecule has 19 heavy (non-hydrogen) atoms. The molecule has 1 unspecified atom stereocenters. The maximum atomic E-state index is 11.9. The van der Waals surface area contributed by atoms with Crippen molar-refractivity contribution in [2.45, 2.75) is 53.1 Å². The van der Waals surface area contributed by atoms with Crippen LogP contribution in [0.1, 0.15) is 50.4 Å². The first-order valence-corrected chi connectivity index (χ1v) is 6.80. The molecule has 106 valence electrons. The van der Waals surface area contributed by atoms with Crippen LogP contribution in [0, 0.1) is 13.8 Å². The maximum absolute atomic E-state index is 11.9. The maximum Gasteiger partial charge on any atom is 0.234 e. The summed E-state index contributed by atoms with van der Waals surface area (Å²) in [7, 11) is 0. The second kappa shape index (κ2) is 6.20. The van der Waals surface area contributed by atoms with Gasteiger partial charge in [0, 0.05) is 5.54 Å². The van der Waals surface area contributed by atoms with Gasteiger partial charge in [-0.15, -0.1) is 0 Å². The summed E-state index contributed by atoms with van der Waals surface area (Å²) in [6, 6.07) is 6.35. The molecule has 0 aliphatic rings. The van der Waals surface area contributed by atoms with Crippen LogP contribution in [0.4, 0.5) is 0 Å². The normalized spacial score (nSPS) is 13.2. The molecule has 1 aromatic carbocycles. The van der Waals surface area contributed by atoms with Crippen molar-refractivity contribution < 1.29 is 4.79 Å². The van der Waals surface area contributed by atoms with E-state index in [0.29, 0.717) is 6.54 Å². The lowest BCUT2D eigenvalue weighted by Gasteiger charge is -2.22. The zero-order valence-electron chi connectivity index (χ0n) is 12.9. The van der Waals surface area contributed by atoms with Crippen molar-refractivity contribution >= 4 is 5.91 Å². The lowest BCUT2D eigenvalue weighted by atomic mass is 10.0. The molecule has 0 radical (unpaired) electrons. The van der Waals surface area contributed by atoms with Gasteiger partial charge in [0.25, 0.3) is 0 Å². The van der Waals surface area contributed by atoms with Crippen LogP contribution < -0.4 is 10.6 Å². The van der Waals surface area contributed by atoms with Gasteiger partial charge in [-0.2, -0.15) is 0 Å². The van der Waals surface area contributed by atoms with Crippen LogP contribution in [0.15, 0.2) is 18.2 Å². The highest BCUT2D eigenvalue weighted by atomic mass is 16.1. The van der Waals surface area contributed by atoms with Crippen molar-refractivity contribution in [1.29, 1.82) is 0 Å². The standard InChI is InChI=1S/C16H26N2O/c1-11-7-8-14(12(2)9-11)13(3)18-15(19)10-17-16(4,5)6/h7-9,13,17H,10H2,1-6H3,(H,18,19). The summed E-state index contributed by atoms with van der Waals surface area (Å²) in [6.07, 6.45) is 0. The van der Waals surface area contributed by atoms with Crippen LogP contribution in [0.25, 0.3) is 0 Å². The number of amides is 1. The molecule has 1 rings (SSSR count). The first-order chi connectivity index (χ1) is 8.69. The minimum Gasteiger partial charge on any atom is -0.348 e. The van der Waals surface area contributed by atoms with Gasteiger partial charge in [-0.1, -0.05) is 23.8 Å². The van der Waals surface area contributed by atoms with E-state index in [0.717, 1.165) is 0 Å². The molecule has 3 nitrogen and oxygen atoms in total. The Labute approximate surface area is 116 Å². The molecule has 0 aliphatic heterocycles. The van der Waals surface area contributed by atoms with Gasteiger partial charge in [-0.3, -0.25) is 4.79 Å². The van der Waals surface area contributed by atoms with Crippen LogP contribution in [-0.4, -0.2) is 18.0 Å². The number of hydrogen-bond acceptors (Lipinski definition) is 2. The van der Waals surface area contributed by atoms with Crippen LogP contribution in [0.2, 0.25) is 0 Å². The Morgan fingerprint density at radius 3 is 2.42 bits per heavy atom. The molecule has 0 aromatic heterocycles. The summed E-state index contributed by atoms with van der Waals surface area (Å²) in [5.41, 5.74) is 3.60. The molecule has 1 aromatic rings. The fourth-order valence-corrected chi connectivity index (χ4v) is 2.03. The number of rotatable bonds is 4. The summed E-state index contributed by atoms with van der Waals surface area (Å²) in [4.78, 5) is 11.9. The third-order valence-electron chi connectivity index (χ3n) is 3.05. The minimum atomic E-state index is -0.0413. The molecule has 1 amide bonds. The van der Waals surface area contributed by atoms with Crippen LogP contribution in [0.5, 0.6) is 0 Å². The first-order valence-electron chi connectivity index (χ1n) is 6.80. The SMILES string of the molecule is Cc1ccc(C(C)NC(=O)CNC(C)(C)C)c(C)c1. The van der Waals surface area contributed by atoms with E-state index in [1.165, 1.54) is 16.7 Å². The predicted molar refractivity (Wildman–Crippen MR) is 80.2 cm³/mol. The fourth-order valence-electron chi connectivity index (χ4n) is 2.03. The molecular formula is C16H26N2O. The molecule has 0 spiro atoms. The van der Waals surface area contributed by atoms with E-state index in [1.54, 1.807) is 0 Å². The summed E-state index contributed by atoms with van der Waals surface area (Å²) in [5.74, 6) is 0.0300. The average molecular weight is 262 g/mol. The largest absolute Gasteiger partial charge is 0.348 e. The second-order valence-corrected chi connectivity index (χ2v) is 6.25. The third-order valence-corrected chi connectivity index (χ3v) is 3.05. The predicted octanol–water partition coefficient (Wildman–Crippen LogP) is 2.87. The van der Waals surface area contributed by atoms with E-state index in [1.807, 2.05) is 27.7 Å². The van der Waals surface area contributed by atoms with Crippen molar-refractivity contribution in [1.82, 2.24) is 10.6 Å². The molecule has 0 saturated carbocycles. The highest BCUT2D eigenvalue weighted by molar-refractivity contribution is 5.78. The highest BCUT2D eigenvalue weighted by Gasteiger charge is 2.14. The van der Waals surface area contributed by atoms with E-state index >= 15 is 0 Å². The van der Waals surface area contributed by atoms with Crippen molar-refractivity contribution in [3.63, 3.8) is 0 Å². The van der Waals surface area contributed by atoms with Gasteiger partial charge < -0.3 is 10.6 Å². The zero-order valence-corrected chi connectivity index (χ0v) is 12.9. The highest BCUT2D eigenvalue weighted by Crippen LogP contribution is 2.18. The van der Waals surface area contributed by atoms with Gasteiger partial charge in [0.05, 0.1) is 12.6 Å². The van der Waals surface area contributed by atoms with Gasteiger partial charge in [-0.25, -0.2) is 0 Å². The first kappa shape index (κ1) is 15.7. The van der Waals surface area contributed by atoms with Gasteiger partial charge in [-0.05, 0) is 52.7 Å². The zero-order chi connectivity index (χ0) is 14.6. The summed E-state index contributed by atoms with van der Waals surface area (Å²) in [5, 5.41) is 6.22. The lowest BCUT2D eigenvalue weighted by Crippen LogP contribution is -2.43. The quantitative estimate of drug-likeness (QED) is 0.876. The third kappa shape index (κ3) is 5.43. The number of nitrogens with one attached hydrogen (secondary N) is 2.